The summed E-state index contributed by atoms with van der Waals surface area (Å²) in [6.07, 6.45) is 5.21. The van der Waals surface area contributed by atoms with Crippen molar-refractivity contribution in [3.8, 4) is 0 Å². The fourth-order valence-corrected chi connectivity index (χ4v) is 3.93. The van der Waals surface area contributed by atoms with Crippen LogP contribution in [-0.2, 0) is 11.3 Å². The Morgan fingerprint density at radius 2 is 1.90 bits per heavy atom. The third-order valence-electron chi connectivity index (χ3n) is 5.46. The van der Waals surface area contributed by atoms with E-state index >= 15 is 0 Å². The molecule has 150 valence electrons. The molecule has 1 aromatic heterocycles. The van der Waals surface area contributed by atoms with E-state index in [1.807, 2.05) is 18.2 Å². The van der Waals surface area contributed by atoms with Crippen molar-refractivity contribution in [1.29, 1.82) is 0 Å². The number of hydrogen-bond acceptors (Lipinski definition) is 4. The minimum absolute atomic E-state index is 0.487. The number of nitrogens with zero attached hydrogens (tertiary/aromatic N) is 1. The number of para-hydroxylation sites is 2. The summed E-state index contributed by atoms with van der Waals surface area (Å²) in [7, 11) is 0. The first-order valence-electron chi connectivity index (χ1n) is 9.99. The number of carbonyl (C=O) groups excluding carboxylic acids is 1. The molecule has 1 aliphatic heterocycles. The van der Waals surface area contributed by atoms with Gasteiger partial charge in [-0.1, -0.05) is 36.4 Å². The highest BCUT2D eigenvalue weighted by molar-refractivity contribution is 5.91. The highest BCUT2D eigenvalue weighted by Crippen LogP contribution is 2.25. The number of hydroxylamine groups is 1. The summed E-state index contributed by atoms with van der Waals surface area (Å²) < 4.78 is 0. The Balaban J connectivity index is 1.33. The van der Waals surface area contributed by atoms with Crippen molar-refractivity contribution < 1.29 is 10.0 Å². The van der Waals surface area contributed by atoms with E-state index in [9.17, 15) is 4.79 Å². The van der Waals surface area contributed by atoms with Crippen molar-refractivity contribution in [2.24, 2.45) is 0 Å². The molecule has 4 rings (SSSR count). The number of H-pyrrole nitrogens is 1. The summed E-state index contributed by atoms with van der Waals surface area (Å²) in [6, 6.07) is 19.1. The van der Waals surface area contributed by atoms with Crippen LogP contribution in [0.5, 0.6) is 0 Å². The summed E-state index contributed by atoms with van der Waals surface area (Å²) in [5, 5.41) is 13.6. The average molecular weight is 390 g/mol. The lowest BCUT2D eigenvalue weighted by atomic mass is 10.0. The van der Waals surface area contributed by atoms with E-state index in [0.29, 0.717) is 6.04 Å². The molecule has 6 heteroatoms. The molecular weight excluding hydrogens is 364 g/mol. The minimum Gasteiger partial charge on any atom is -0.371 e. The van der Waals surface area contributed by atoms with Crippen LogP contribution in [0.2, 0.25) is 0 Å². The SMILES string of the molecule is O=C(C=Cc1ccccc1N1CCC(NCc2cc3ccccc3[nH]2)CC1)NO. The van der Waals surface area contributed by atoms with Crippen molar-refractivity contribution in [3.05, 3.63) is 71.9 Å². The Morgan fingerprint density at radius 1 is 1.14 bits per heavy atom. The average Bonchev–Trinajstić information content (AvgIpc) is 3.20. The zero-order valence-corrected chi connectivity index (χ0v) is 16.3. The van der Waals surface area contributed by atoms with Gasteiger partial charge in [0.1, 0.15) is 0 Å². The summed E-state index contributed by atoms with van der Waals surface area (Å²) in [4.78, 5) is 17.1. The summed E-state index contributed by atoms with van der Waals surface area (Å²) >= 11 is 0. The predicted molar refractivity (Wildman–Crippen MR) is 116 cm³/mol. The first-order chi connectivity index (χ1) is 14.2. The van der Waals surface area contributed by atoms with E-state index in [1.165, 1.54) is 22.7 Å². The molecule has 4 N–H and O–H groups in total. The molecule has 1 fully saturated rings. The van der Waals surface area contributed by atoms with Gasteiger partial charge in [-0.05, 0) is 48.1 Å². The van der Waals surface area contributed by atoms with E-state index < -0.39 is 5.91 Å². The first kappa shape index (κ1) is 19.2. The summed E-state index contributed by atoms with van der Waals surface area (Å²) in [5.41, 5.74) is 6.11. The third kappa shape index (κ3) is 4.67. The van der Waals surface area contributed by atoms with Gasteiger partial charge in [-0.2, -0.15) is 0 Å². The van der Waals surface area contributed by atoms with Crippen LogP contribution in [0, 0.1) is 0 Å². The van der Waals surface area contributed by atoms with Gasteiger partial charge in [0.2, 0.25) is 0 Å². The molecule has 2 heterocycles. The van der Waals surface area contributed by atoms with Crippen LogP contribution in [0.25, 0.3) is 17.0 Å². The van der Waals surface area contributed by atoms with E-state index in [4.69, 9.17) is 5.21 Å². The lowest BCUT2D eigenvalue weighted by Gasteiger charge is -2.35. The molecule has 1 amide bonds. The van der Waals surface area contributed by atoms with Crippen molar-refractivity contribution in [1.82, 2.24) is 15.8 Å². The smallest absolute Gasteiger partial charge is 0.267 e. The van der Waals surface area contributed by atoms with Crippen LogP contribution in [-0.4, -0.2) is 35.2 Å². The number of aromatic nitrogens is 1. The molecule has 0 atom stereocenters. The molecule has 2 aromatic carbocycles. The molecule has 0 aliphatic carbocycles. The van der Waals surface area contributed by atoms with Gasteiger partial charge in [0.05, 0.1) is 0 Å². The standard InChI is InChI=1S/C23H26N4O2/c28-23(26-29)10-9-17-5-2-4-8-22(17)27-13-11-19(12-14-27)24-16-20-15-18-6-1-3-7-21(18)25-20/h1-10,15,19,24-25,29H,11-14,16H2,(H,26,28). The van der Waals surface area contributed by atoms with Crippen LogP contribution >= 0.6 is 0 Å². The van der Waals surface area contributed by atoms with E-state index in [1.54, 1.807) is 11.6 Å². The Kier molecular flexibility index (Phi) is 5.93. The van der Waals surface area contributed by atoms with Crippen molar-refractivity contribution in [2.45, 2.75) is 25.4 Å². The second-order valence-electron chi connectivity index (χ2n) is 7.39. The maximum atomic E-state index is 11.3. The number of piperidine rings is 1. The molecule has 1 saturated heterocycles. The van der Waals surface area contributed by atoms with E-state index in [-0.39, 0.29) is 0 Å². The number of nitrogens with one attached hydrogen (secondary N) is 3. The van der Waals surface area contributed by atoms with Gasteiger partial charge in [0, 0.05) is 48.7 Å². The number of carbonyl (C=O) groups is 1. The van der Waals surface area contributed by atoms with Gasteiger partial charge in [-0.3, -0.25) is 10.0 Å². The van der Waals surface area contributed by atoms with Gasteiger partial charge in [-0.25, -0.2) is 5.48 Å². The molecule has 0 spiro atoms. The van der Waals surface area contributed by atoms with Crippen LogP contribution in [0.15, 0.2) is 60.7 Å². The third-order valence-corrected chi connectivity index (χ3v) is 5.46. The number of amides is 1. The molecule has 0 bridgehead atoms. The van der Waals surface area contributed by atoms with Gasteiger partial charge < -0.3 is 15.2 Å². The molecular formula is C23H26N4O2. The van der Waals surface area contributed by atoms with Crippen molar-refractivity contribution in [2.75, 3.05) is 18.0 Å². The Bertz CT molecular complexity index is 970. The lowest BCUT2D eigenvalue weighted by Crippen LogP contribution is -2.42. The second kappa shape index (κ2) is 8.94. The van der Waals surface area contributed by atoms with Crippen LogP contribution < -0.4 is 15.7 Å². The molecule has 1 aliphatic rings. The predicted octanol–water partition coefficient (Wildman–Crippen LogP) is 3.45. The quantitative estimate of drug-likeness (QED) is 0.295. The highest BCUT2D eigenvalue weighted by atomic mass is 16.5. The van der Waals surface area contributed by atoms with Gasteiger partial charge in [-0.15, -0.1) is 0 Å². The normalized spacial score (nSPS) is 15.3. The number of benzene rings is 2. The summed E-state index contributed by atoms with van der Waals surface area (Å²) in [6.45, 7) is 2.76. The van der Waals surface area contributed by atoms with Crippen LogP contribution in [0.1, 0.15) is 24.1 Å². The first-order valence-corrected chi connectivity index (χ1v) is 9.99. The van der Waals surface area contributed by atoms with Crippen LogP contribution in [0.4, 0.5) is 5.69 Å². The topological polar surface area (TPSA) is 80.4 Å². The Labute approximate surface area is 170 Å². The second-order valence-corrected chi connectivity index (χ2v) is 7.39. The van der Waals surface area contributed by atoms with Gasteiger partial charge >= 0.3 is 0 Å². The maximum Gasteiger partial charge on any atom is 0.267 e. The van der Waals surface area contributed by atoms with E-state index in [0.717, 1.165) is 43.7 Å². The molecule has 6 nitrogen and oxygen atoms in total. The fourth-order valence-electron chi connectivity index (χ4n) is 3.93. The number of rotatable bonds is 6. The van der Waals surface area contributed by atoms with E-state index in [2.05, 4.69) is 51.6 Å². The van der Waals surface area contributed by atoms with Crippen LogP contribution in [0.3, 0.4) is 0 Å². The van der Waals surface area contributed by atoms with Crippen molar-refractivity contribution in [3.63, 3.8) is 0 Å². The number of aromatic amines is 1. The van der Waals surface area contributed by atoms with Gasteiger partial charge in [0.25, 0.3) is 5.91 Å². The molecule has 3 aromatic rings. The maximum absolute atomic E-state index is 11.3. The zero-order valence-electron chi connectivity index (χ0n) is 16.3. The Morgan fingerprint density at radius 3 is 2.69 bits per heavy atom. The largest absolute Gasteiger partial charge is 0.371 e. The molecule has 0 saturated carbocycles. The monoisotopic (exact) mass is 390 g/mol. The zero-order chi connectivity index (χ0) is 20.1. The number of fused-ring (bicyclic) bond motifs is 1. The lowest BCUT2D eigenvalue weighted by molar-refractivity contribution is -0.124. The minimum atomic E-state index is -0.528. The molecule has 0 unspecified atom stereocenters. The molecule has 29 heavy (non-hydrogen) atoms. The fraction of sp³-hybridized carbons (Fsp3) is 0.261. The number of anilines is 1. The van der Waals surface area contributed by atoms with Crippen molar-refractivity contribution >= 4 is 28.6 Å². The molecule has 0 radical (unpaired) electrons. The Hall–Kier alpha value is -3.09. The number of hydrogen-bond donors (Lipinski definition) is 4. The highest BCUT2D eigenvalue weighted by Gasteiger charge is 2.20. The summed E-state index contributed by atoms with van der Waals surface area (Å²) in [5.74, 6) is -0.528. The van der Waals surface area contributed by atoms with Gasteiger partial charge in [0.15, 0.2) is 0 Å².